The zero-order valence-electron chi connectivity index (χ0n) is 12.0. The number of carbonyl (C=O) groups is 1. The third-order valence-corrected chi connectivity index (χ3v) is 3.83. The summed E-state index contributed by atoms with van der Waals surface area (Å²) >= 11 is 0. The first-order valence-electron chi connectivity index (χ1n) is 7.22. The van der Waals surface area contributed by atoms with Crippen molar-refractivity contribution in [2.75, 3.05) is 0 Å². The molecule has 0 atom stereocenters. The fraction of sp³-hybridized carbons (Fsp3) is 0.389. The summed E-state index contributed by atoms with van der Waals surface area (Å²) in [6.45, 7) is 2.02. The van der Waals surface area contributed by atoms with Gasteiger partial charge in [-0.3, -0.25) is 4.79 Å². The van der Waals surface area contributed by atoms with Crippen LogP contribution in [0.3, 0.4) is 0 Å². The Labute approximate surface area is 136 Å². The molecule has 3 aliphatic rings. The molecule has 0 aromatic rings. The molecule has 3 saturated carbocycles. The third kappa shape index (κ3) is 5.52. The summed E-state index contributed by atoms with van der Waals surface area (Å²) in [5.74, 6) is 2.79. The van der Waals surface area contributed by atoms with Crippen LogP contribution in [0.5, 0.6) is 0 Å². The van der Waals surface area contributed by atoms with Crippen molar-refractivity contribution < 1.29 is 21.9 Å². The Morgan fingerprint density at radius 1 is 0.900 bits per heavy atom. The first-order valence-corrected chi connectivity index (χ1v) is 7.22. The summed E-state index contributed by atoms with van der Waals surface area (Å²) < 4.78 is 0. The van der Waals surface area contributed by atoms with E-state index in [2.05, 4.69) is 0 Å². The van der Waals surface area contributed by atoms with Crippen molar-refractivity contribution in [3.8, 4) is 0 Å². The first-order chi connectivity index (χ1) is 9.29. The van der Waals surface area contributed by atoms with Crippen molar-refractivity contribution in [1.82, 2.24) is 0 Å². The molecule has 0 spiro atoms. The number of Topliss-reactive ketones (excluding diaryl/α,β-unsaturated/α-hetero) is 1. The summed E-state index contributed by atoms with van der Waals surface area (Å²) in [4.78, 5) is 12.1. The second kappa shape index (κ2) is 10.0. The minimum absolute atomic E-state index is 0. The van der Waals surface area contributed by atoms with Crippen LogP contribution in [0.15, 0.2) is 0 Å². The van der Waals surface area contributed by atoms with Gasteiger partial charge in [-0.25, -0.2) is 0 Å². The molecule has 20 heavy (non-hydrogen) atoms. The van der Waals surface area contributed by atoms with E-state index in [9.17, 15) is 4.79 Å². The van der Waals surface area contributed by atoms with Crippen LogP contribution < -0.4 is 0 Å². The number of hydrogen-bond acceptors (Lipinski definition) is 1. The van der Waals surface area contributed by atoms with Gasteiger partial charge < -0.3 is 0 Å². The summed E-state index contributed by atoms with van der Waals surface area (Å²) in [6, 6.07) is 0. The molecule has 2 heteroatoms. The second-order valence-electron chi connectivity index (χ2n) is 5.28. The van der Waals surface area contributed by atoms with Crippen molar-refractivity contribution in [1.29, 1.82) is 0 Å². The van der Waals surface area contributed by atoms with Gasteiger partial charge in [0.15, 0.2) is 0 Å². The number of hydrogen-bond donors (Lipinski definition) is 0. The summed E-state index contributed by atoms with van der Waals surface area (Å²) in [5, 5.41) is 0. The minimum Gasteiger partial charge on any atom is -0.299 e. The van der Waals surface area contributed by atoms with E-state index in [1.165, 1.54) is 19.3 Å². The topological polar surface area (TPSA) is 17.1 Å². The van der Waals surface area contributed by atoms with Gasteiger partial charge in [-0.1, -0.05) is 26.2 Å². The van der Waals surface area contributed by atoms with Gasteiger partial charge in [0.05, 0.1) is 5.92 Å². The van der Waals surface area contributed by atoms with Crippen LogP contribution in [-0.4, -0.2) is 5.78 Å². The smallest absolute Gasteiger partial charge is 0.144 e. The van der Waals surface area contributed by atoms with Crippen molar-refractivity contribution in [2.24, 2.45) is 5.92 Å². The average molecular weight is 310 g/mol. The predicted octanol–water partition coefficient (Wildman–Crippen LogP) is 3.95. The van der Waals surface area contributed by atoms with Crippen molar-refractivity contribution >= 4 is 5.78 Å². The number of ketones is 1. The zero-order chi connectivity index (χ0) is 13.5. The Morgan fingerprint density at radius 2 is 1.45 bits per heavy atom. The molecule has 0 amide bonds. The maximum atomic E-state index is 12.1. The van der Waals surface area contributed by atoms with Gasteiger partial charge in [0, 0.05) is 23.0 Å². The van der Waals surface area contributed by atoms with Crippen LogP contribution in [0.25, 0.3) is 0 Å². The molecule has 3 rings (SSSR count). The molecule has 0 aliphatic heterocycles. The van der Waals surface area contributed by atoms with Gasteiger partial charge in [-0.15, -0.1) is 0 Å². The molecule has 10 radical (unpaired) electrons. The quantitative estimate of drug-likeness (QED) is 0.706. The molecule has 0 heterocycles. The van der Waals surface area contributed by atoms with E-state index >= 15 is 0 Å². The predicted molar refractivity (Wildman–Crippen MR) is 78.1 cm³/mol. The standard InChI is InChI=1S/C13H17O.C5H5.Fe/c1-10-6-5-9-12(10)13(14)11-7-3-2-4-8-11;1-2-4-5-3-1;/h5-6,9,11H,2-4,7-8H2,1H3;1-5H;. The fourth-order valence-electron chi connectivity index (χ4n) is 2.69. The molecule has 0 unspecified atom stereocenters. The average Bonchev–Trinajstić information content (AvgIpc) is 3.13. The van der Waals surface area contributed by atoms with Crippen LogP contribution in [-0.2, 0) is 21.9 Å². The van der Waals surface area contributed by atoms with Gasteiger partial charge in [-0.05, 0) is 70.1 Å². The van der Waals surface area contributed by atoms with E-state index in [1.807, 2.05) is 58.3 Å². The van der Waals surface area contributed by atoms with Crippen molar-refractivity contribution in [3.63, 3.8) is 0 Å². The largest absolute Gasteiger partial charge is 0.299 e. The number of carbonyl (C=O) groups excluding carboxylic acids is 1. The van der Waals surface area contributed by atoms with Gasteiger partial charge in [0.25, 0.3) is 0 Å². The van der Waals surface area contributed by atoms with Gasteiger partial charge in [0.2, 0.25) is 0 Å². The minimum atomic E-state index is 0. The Morgan fingerprint density at radius 3 is 1.90 bits per heavy atom. The van der Waals surface area contributed by atoms with E-state index in [0.29, 0.717) is 11.7 Å². The third-order valence-electron chi connectivity index (χ3n) is 3.83. The Hall–Kier alpha value is 0.189. The molecule has 0 aromatic heterocycles. The normalized spacial score (nSPS) is 24.9. The second-order valence-corrected chi connectivity index (χ2v) is 5.28. The van der Waals surface area contributed by atoms with Crippen LogP contribution in [0.2, 0.25) is 0 Å². The van der Waals surface area contributed by atoms with E-state index in [-0.39, 0.29) is 17.1 Å². The molecular weight excluding hydrogens is 288 g/mol. The molecule has 108 valence electrons. The van der Waals surface area contributed by atoms with Crippen LogP contribution in [0.4, 0.5) is 0 Å². The molecular formula is C18H22FeO. The fourth-order valence-corrected chi connectivity index (χ4v) is 2.69. The van der Waals surface area contributed by atoms with Crippen molar-refractivity contribution in [2.45, 2.75) is 39.0 Å². The van der Waals surface area contributed by atoms with Gasteiger partial charge in [-0.2, -0.15) is 0 Å². The monoisotopic (exact) mass is 310 g/mol. The van der Waals surface area contributed by atoms with Crippen molar-refractivity contribution in [3.05, 3.63) is 63.2 Å². The first kappa shape index (κ1) is 18.2. The SMILES string of the molecule is C[C]1[CH][CH][CH][C]1C(=O)C1CCCCC1.[CH]1[CH][CH][CH][CH]1.[Fe]. The molecule has 3 aliphatic carbocycles. The summed E-state index contributed by atoms with van der Waals surface area (Å²) in [7, 11) is 0. The Kier molecular flexibility index (Phi) is 9.13. The van der Waals surface area contributed by atoms with E-state index in [0.717, 1.165) is 24.7 Å². The molecule has 0 saturated heterocycles. The molecule has 0 aromatic carbocycles. The maximum absolute atomic E-state index is 12.1. The maximum Gasteiger partial charge on any atom is 0.144 e. The van der Waals surface area contributed by atoms with Gasteiger partial charge >= 0.3 is 0 Å². The van der Waals surface area contributed by atoms with E-state index < -0.39 is 0 Å². The van der Waals surface area contributed by atoms with E-state index in [1.54, 1.807) is 0 Å². The molecule has 1 nitrogen and oxygen atoms in total. The zero-order valence-corrected chi connectivity index (χ0v) is 13.1. The van der Waals surface area contributed by atoms with E-state index in [4.69, 9.17) is 0 Å². The summed E-state index contributed by atoms with van der Waals surface area (Å²) in [5.41, 5.74) is 0. The molecule has 0 bridgehead atoms. The van der Waals surface area contributed by atoms with Crippen LogP contribution >= 0.6 is 0 Å². The van der Waals surface area contributed by atoms with Crippen LogP contribution in [0, 0.1) is 69.1 Å². The Bertz CT molecular complexity index is 259. The molecule has 3 fully saturated rings. The van der Waals surface area contributed by atoms with Crippen LogP contribution in [0.1, 0.15) is 39.0 Å². The number of rotatable bonds is 2. The summed E-state index contributed by atoms with van der Waals surface area (Å²) in [6.07, 6.45) is 21.9. The Balaban J connectivity index is 0.000000283. The molecule has 0 N–H and O–H groups in total. The van der Waals surface area contributed by atoms with Gasteiger partial charge in [0.1, 0.15) is 5.78 Å².